The number of anilines is 5. The monoisotopic (exact) mass is 1340 g/mol. The number of H-pyrrole nitrogens is 1. The number of aromatic amines is 1. The number of hydrogen-bond acceptors (Lipinski definition) is 18. The molecule has 95 heavy (non-hydrogen) atoms. The highest BCUT2D eigenvalue weighted by Gasteiger charge is 2.38. The molecule has 6 heterocycles. The normalized spacial score (nSPS) is 18.9. The number of carbonyl (C=O) groups is 2. The van der Waals surface area contributed by atoms with Crippen molar-refractivity contribution in [2.75, 3.05) is 85.0 Å². The number of hydrogen-bond donors (Lipinski definition) is 9. The van der Waals surface area contributed by atoms with Gasteiger partial charge in [-0.3, -0.25) is 34.0 Å². The van der Waals surface area contributed by atoms with Crippen LogP contribution in [0, 0.1) is 25.7 Å². The summed E-state index contributed by atoms with van der Waals surface area (Å²) >= 11 is 0. The van der Waals surface area contributed by atoms with Gasteiger partial charge >= 0.3 is 0 Å². The van der Waals surface area contributed by atoms with E-state index in [-0.39, 0.29) is 63.6 Å². The molecule has 2 fully saturated rings. The van der Waals surface area contributed by atoms with Crippen LogP contribution in [0.15, 0.2) is 120 Å². The van der Waals surface area contributed by atoms with E-state index in [4.69, 9.17) is 14.6 Å². The Morgan fingerprint density at radius 3 is 1.84 bits per heavy atom. The SMILES string of the molecule is COc1c(NC(=O)c2ccc(C)c(-[n+]3cc(C4=CNC(C5CCN(Cc6ccccc6)CC5)N4C)n[nH]3)c2)cc(C(C)(C)C)cc1NS(C)(=O)=O.COc1c(NC(=O)c2ccc(C)c(N3C=C(C4C=NN(C5CCNCC5)C4C)NN3)c2)cc(C(C)(C)C)cc1NS(C)(=O)=O. The second kappa shape index (κ2) is 28.3. The third-order valence-electron chi connectivity index (χ3n) is 18.1. The number of nitrogens with one attached hydrogen (secondary N) is 9. The quantitative estimate of drug-likeness (QED) is 0.0364. The highest BCUT2D eigenvalue weighted by molar-refractivity contribution is 7.92. The van der Waals surface area contributed by atoms with E-state index in [0.29, 0.717) is 34.5 Å². The van der Waals surface area contributed by atoms with Crippen LogP contribution in [-0.2, 0) is 37.4 Å². The maximum atomic E-state index is 13.7. The number of amides is 2. The molecule has 3 unspecified atom stereocenters. The van der Waals surface area contributed by atoms with Crippen molar-refractivity contribution in [3.05, 3.63) is 160 Å². The van der Waals surface area contributed by atoms with E-state index in [1.807, 2.05) is 120 Å². The summed E-state index contributed by atoms with van der Waals surface area (Å²) in [5.41, 5.74) is 17.3. The average molecular weight is 1340 g/mol. The van der Waals surface area contributed by atoms with E-state index in [1.165, 1.54) is 19.8 Å². The van der Waals surface area contributed by atoms with Crippen molar-refractivity contribution in [2.24, 2.45) is 16.9 Å². The van der Waals surface area contributed by atoms with Crippen LogP contribution < -0.4 is 60.8 Å². The van der Waals surface area contributed by atoms with Gasteiger partial charge in [-0.2, -0.15) is 5.10 Å². The Balaban J connectivity index is 0.000000209. The molecule has 5 aromatic carbocycles. The van der Waals surface area contributed by atoms with Crippen molar-refractivity contribution in [1.82, 2.24) is 46.7 Å². The Kier molecular flexibility index (Phi) is 20.6. The summed E-state index contributed by atoms with van der Waals surface area (Å²) in [6.45, 7) is 23.4. The Hall–Kier alpha value is -8.69. The van der Waals surface area contributed by atoms with E-state index in [9.17, 15) is 26.4 Å². The zero-order chi connectivity index (χ0) is 68.3. The molecule has 5 aliphatic rings. The first kappa shape index (κ1) is 69.1. The molecule has 24 nitrogen and oxygen atoms in total. The maximum Gasteiger partial charge on any atom is 0.266 e. The zero-order valence-corrected chi connectivity index (χ0v) is 58.6. The van der Waals surface area contributed by atoms with E-state index in [1.54, 1.807) is 30.3 Å². The van der Waals surface area contributed by atoms with E-state index < -0.39 is 20.0 Å². The molecule has 6 aromatic rings. The molecule has 3 atom stereocenters. The summed E-state index contributed by atoms with van der Waals surface area (Å²) in [5, 5.41) is 29.6. The summed E-state index contributed by atoms with van der Waals surface area (Å²) in [6.07, 6.45) is 14.8. The minimum absolute atomic E-state index is 0.103. The lowest BCUT2D eigenvalue weighted by molar-refractivity contribution is -0.659. The van der Waals surface area contributed by atoms with Crippen LogP contribution in [0.5, 0.6) is 11.5 Å². The molecule has 2 amide bonds. The number of benzene rings is 5. The number of carbonyl (C=O) groups excluding carboxylic acids is 2. The Morgan fingerprint density at radius 1 is 0.726 bits per heavy atom. The number of likely N-dealkylation sites (tertiary alicyclic amines) is 1. The van der Waals surface area contributed by atoms with Gasteiger partial charge < -0.3 is 41.1 Å². The van der Waals surface area contributed by atoms with Crippen molar-refractivity contribution in [1.29, 1.82) is 0 Å². The number of sulfonamides is 2. The minimum atomic E-state index is -3.61. The van der Waals surface area contributed by atoms with Gasteiger partial charge in [-0.05, 0) is 154 Å². The predicted octanol–water partition coefficient (Wildman–Crippen LogP) is 8.65. The summed E-state index contributed by atoms with van der Waals surface area (Å²) in [7, 11) is -2.20. The number of hydrazine groups is 2. The number of hydrazone groups is 1. The number of methoxy groups -OCH3 is 2. The number of piperidine rings is 2. The molecule has 0 aliphatic carbocycles. The van der Waals surface area contributed by atoms with Crippen molar-refractivity contribution >= 4 is 72.2 Å². The molecule has 26 heteroatoms. The van der Waals surface area contributed by atoms with Crippen LogP contribution in [0.4, 0.5) is 28.4 Å². The fraction of sp³-hybridized carbons (Fsp3) is 0.435. The summed E-state index contributed by atoms with van der Waals surface area (Å²) in [5.74, 6) is 0.345. The van der Waals surface area contributed by atoms with Crippen molar-refractivity contribution in [3.8, 4) is 17.2 Å². The van der Waals surface area contributed by atoms with Crippen molar-refractivity contribution < 1.29 is 40.6 Å². The molecule has 11 rings (SSSR count). The molecule has 9 N–H and O–H groups in total. The van der Waals surface area contributed by atoms with Crippen LogP contribution in [0.3, 0.4) is 0 Å². The lowest BCUT2D eigenvalue weighted by Gasteiger charge is -2.38. The van der Waals surface area contributed by atoms with Crippen LogP contribution in [0.1, 0.15) is 128 Å². The highest BCUT2D eigenvalue weighted by atomic mass is 32.2. The smallest absolute Gasteiger partial charge is 0.266 e. The van der Waals surface area contributed by atoms with Crippen LogP contribution in [0.2, 0.25) is 0 Å². The van der Waals surface area contributed by atoms with E-state index >= 15 is 0 Å². The fourth-order valence-corrected chi connectivity index (χ4v) is 13.9. The van der Waals surface area contributed by atoms with Gasteiger partial charge in [-0.15, -0.1) is 10.2 Å². The van der Waals surface area contributed by atoms with Gasteiger partial charge in [0.1, 0.15) is 11.9 Å². The molecular weight excluding hydrogens is 1240 g/mol. The number of rotatable bonds is 18. The summed E-state index contributed by atoms with van der Waals surface area (Å²) in [6, 6.07) is 29.4. The highest BCUT2D eigenvalue weighted by Crippen LogP contribution is 2.42. The van der Waals surface area contributed by atoms with Crippen molar-refractivity contribution in [3.63, 3.8) is 0 Å². The van der Waals surface area contributed by atoms with Crippen LogP contribution in [0.25, 0.3) is 11.4 Å². The fourth-order valence-electron chi connectivity index (χ4n) is 12.8. The van der Waals surface area contributed by atoms with Gasteiger partial charge in [-0.1, -0.05) is 89.2 Å². The topological polar surface area (TPSA) is 275 Å². The molecule has 508 valence electrons. The third-order valence-corrected chi connectivity index (χ3v) is 19.3. The van der Waals surface area contributed by atoms with Gasteiger partial charge in [-0.25, -0.2) is 16.8 Å². The first-order valence-corrected chi connectivity index (χ1v) is 36.0. The van der Waals surface area contributed by atoms with E-state index in [2.05, 4.69) is 111 Å². The molecule has 0 bridgehead atoms. The van der Waals surface area contributed by atoms with E-state index in [0.717, 1.165) is 122 Å². The first-order valence-electron chi connectivity index (χ1n) is 32.2. The molecular formula is C69H93N16O8S2+. The summed E-state index contributed by atoms with van der Waals surface area (Å²) in [4.78, 5) is 32.2. The van der Waals surface area contributed by atoms with Gasteiger partial charge in [0.25, 0.3) is 17.5 Å². The van der Waals surface area contributed by atoms with Gasteiger partial charge in [0.05, 0.1) is 72.8 Å². The molecule has 0 saturated carbocycles. The molecule has 5 aliphatic heterocycles. The van der Waals surface area contributed by atoms with Gasteiger partial charge in [0.2, 0.25) is 20.0 Å². The minimum Gasteiger partial charge on any atom is -0.492 e. The number of aromatic nitrogens is 3. The second-order valence-electron chi connectivity index (χ2n) is 27.4. The first-order chi connectivity index (χ1) is 44.9. The summed E-state index contributed by atoms with van der Waals surface area (Å²) < 4.78 is 66.6. The van der Waals surface area contributed by atoms with Crippen molar-refractivity contribution in [2.45, 2.75) is 124 Å². The lowest BCUT2D eigenvalue weighted by atomic mass is 9.86. The lowest BCUT2D eigenvalue weighted by Crippen LogP contribution is -2.46. The largest absolute Gasteiger partial charge is 0.492 e. The van der Waals surface area contributed by atoms with Crippen LogP contribution in [-0.4, -0.2) is 138 Å². The maximum absolute atomic E-state index is 13.7. The number of ether oxygens (including phenoxy) is 2. The number of nitrogens with zero attached hydrogens (tertiary/aromatic N) is 7. The molecule has 1 aromatic heterocycles. The Morgan fingerprint density at radius 2 is 1.28 bits per heavy atom. The number of aryl methyl sites for hydroxylation is 2. The third kappa shape index (κ3) is 16.5. The van der Waals surface area contributed by atoms with Gasteiger partial charge in [0, 0.05) is 66.5 Å². The second-order valence-corrected chi connectivity index (χ2v) is 30.9. The average Bonchev–Trinajstić information content (AvgIpc) is 1.72. The standard InChI is InChI=1S/C38H48N8O4S.C31H44N8O4S/c1-25-13-14-28(37(47)40-30-20-29(38(2,3)4)21-31(35(30)50-6)42-51(7,48)49)19-33(25)46-24-32(41-43-46)34-22-39-36(44(34)5)27-15-17-45(18-16-27)23-26-11-9-8-10-12-26;1-19-8-9-21(30(40)34-25-15-22(31(3,4)5)16-26(29(25)43-6)36-44(7,41)42)14-28(19)38-18-27(35-37-38)24-17-33-39(20(24)2)23-10-12-32-13-11-23/h8-14,19-22,24,27,36,39,42H,15-18,23H2,1-7H3,(H,40,47);8-9,14-18,20,23-24,32,35-37H,10-13H2,1-7H3,(H,34,40)/p+1. The molecule has 0 spiro atoms. The zero-order valence-electron chi connectivity index (χ0n) is 56.9. The molecule has 0 radical (unpaired) electrons. The Bertz CT molecular complexity index is 4130. The predicted molar refractivity (Wildman–Crippen MR) is 375 cm³/mol. The Labute approximate surface area is 559 Å². The van der Waals surface area contributed by atoms with Gasteiger partial charge in [0.15, 0.2) is 23.4 Å². The van der Waals surface area contributed by atoms with Crippen LogP contribution >= 0.6 is 0 Å². The molecule has 2 saturated heterocycles.